The van der Waals surface area contributed by atoms with Crippen LogP contribution < -0.4 is 5.73 Å². The number of nitrogens with zero attached hydrogens (tertiary/aromatic N) is 2. The van der Waals surface area contributed by atoms with Gasteiger partial charge >= 0.3 is 5.97 Å². The molecule has 0 aliphatic heterocycles. The van der Waals surface area contributed by atoms with Gasteiger partial charge in [0, 0.05) is 30.9 Å². The van der Waals surface area contributed by atoms with Crippen molar-refractivity contribution < 1.29 is 9.53 Å². The van der Waals surface area contributed by atoms with E-state index in [-0.39, 0.29) is 11.9 Å². The van der Waals surface area contributed by atoms with Crippen molar-refractivity contribution in [2.45, 2.75) is 32.2 Å². The standard InChI is InChI=1S/C11H19N3O2/c1-3-6-14-10(4-5-13-14)9(8-12)7-11(15)16-2/h4-5,9H,3,6-8,12H2,1-2H3. The number of ether oxygens (including phenoxy) is 1. The van der Waals surface area contributed by atoms with Crippen LogP contribution in [0.15, 0.2) is 12.3 Å². The summed E-state index contributed by atoms with van der Waals surface area (Å²) in [7, 11) is 1.39. The lowest BCUT2D eigenvalue weighted by Crippen LogP contribution is -2.20. The number of esters is 1. The summed E-state index contributed by atoms with van der Waals surface area (Å²) in [4.78, 5) is 11.2. The Morgan fingerprint density at radius 3 is 3.00 bits per heavy atom. The molecule has 1 aromatic rings. The maximum atomic E-state index is 11.2. The van der Waals surface area contributed by atoms with Crippen molar-refractivity contribution in [3.63, 3.8) is 0 Å². The van der Waals surface area contributed by atoms with Crippen LogP contribution in [0.3, 0.4) is 0 Å². The average molecular weight is 225 g/mol. The fourth-order valence-corrected chi connectivity index (χ4v) is 1.68. The first-order valence-electron chi connectivity index (χ1n) is 5.51. The number of methoxy groups -OCH3 is 1. The van der Waals surface area contributed by atoms with Crippen LogP contribution in [0.1, 0.15) is 31.4 Å². The van der Waals surface area contributed by atoms with E-state index >= 15 is 0 Å². The topological polar surface area (TPSA) is 70.1 Å². The summed E-state index contributed by atoms with van der Waals surface area (Å²) in [6.07, 6.45) is 3.05. The SMILES string of the molecule is CCCn1nccc1C(CN)CC(=O)OC. The summed E-state index contributed by atoms with van der Waals surface area (Å²) in [6.45, 7) is 3.35. The smallest absolute Gasteiger partial charge is 0.306 e. The first-order valence-corrected chi connectivity index (χ1v) is 5.51. The van der Waals surface area contributed by atoms with E-state index in [1.165, 1.54) is 7.11 Å². The van der Waals surface area contributed by atoms with E-state index < -0.39 is 0 Å². The fourth-order valence-electron chi connectivity index (χ4n) is 1.68. The van der Waals surface area contributed by atoms with Crippen molar-refractivity contribution in [1.29, 1.82) is 0 Å². The molecule has 16 heavy (non-hydrogen) atoms. The highest BCUT2D eigenvalue weighted by atomic mass is 16.5. The zero-order valence-corrected chi connectivity index (χ0v) is 9.85. The van der Waals surface area contributed by atoms with Gasteiger partial charge in [-0.05, 0) is 12.5 Å². The molecule has 1 aromatic heterocycles. The van der Waals surface area contributed by atoms with Crippen molar-refractivity contribution in [3.05, 3.63) is 18.0 Å². The summed E-state index contributed by atoms with van der Waals surface area (Å²) >= 11 is 0. The summed E-state index contributed by atoms with van der Waals surface area (Å²) < 4.78 is 6.56. The normalized spacial score (nSPS) is 12.4. The molecule has 1 atom stereocenters. The molecule has 0 radical (unpaired) electrons. The third-order valence-corrected chi connectivity index (χ3v) is 2.53. The third-order valence-electron chi connectivity index (χ3n) is 2.53. The Morgan fingerprint density at radius 2 is 2.44 bits per heavy atom. The molecule has 0 bridgehead atoms. The van der Waals surface area contributed by atoms with E-state index in [1.54, 1.807) is 6.20 Å². The van der Waals surface area contributed by atoms with Gasteiger partial charge in [-0.3, -0.25) is 9.48 Å². The molecule has 0 spiro atoms. The Morgan fingerprint density at radius 1 is 1.69 bits per heavy atom. The molecule has 5 heteroatoms. The second-order valence-corrected chi connectivity index (χ2v) is 3.69. The molecule has 0 aliphatic rings. The molecule has 2 N–H and O–H groups in total. The van der Waals surface area contributed by atoms with Gasteiger partial charge in [-0.25, -0.2) is 0 Å². The van der Waals surface area contributed by atoms with E-state index in [1.807, 2.05) is 10.7 Å². The van der Waals surface area contributed by atoms with Gasteiger partial charge in [-0.15, -0.1) is 0 Å². The lowest BCUT2D eigenvalue weighted by Gasteiger charge is -2.15. The quantitative estimate of drug-likeness (QED) is 0.730. The van der Waals surface area contributed by atoms with Crippen molar-refractivity contribution >= 4 is 5.97 Å². The van der Waals surface area contributed by atoms with Crippen LogP contribution in [0.4, 0.5) is 0 Å². The minimum absolute atomic E-state index is 0.0125. The van der Waals surface area contributed by atoms with Gasteiger partial charge < -0.3 is 10.5 Å². The van der Waals surface area contributed by atoms with E-state index in [0.29, 0.717) is 13.0 Å². The van der Waals surface area contributed by atoms with Crippen molar-refractivity contribution in [1.82, 2.24) is 9.78 Å². The van der Waals surface area contributed by atoms with Crippen molar-refractivity contribution in [2.24, 2.45) is 5.73 Å². The number of hydrogen-bond donors (Lipinski definition) is 1. The second-order valence-electron chi connectivity index (χ2n) is 3.69. The first-order chi connectivity index (χ1) is 7.72. The maximum Gasteiger partial charge on any atom is 0.306 e. The van der Waals surface area contributed by atoms with Gasteiger partial charge in [0.1, 0.15) is 0 Å². The van der Waals surface area contributed by atoms with E-state index in [4.69, 9.17) is 5.73 Å². The molecule has 1 unspecified atom stereocenters. The molecule has 0 fully saturated rings. The minimum Gasteiger partial charge on any atom is -0.469 e. The largest absolute Gasteiger partial charge is 0.469 e. The number of rotatable bonds is 6. The molecule has 0 saturated heterocycles. The van der Waals surface area contributed by atoms with E-state index in [2.05, 4.69) is 16.8 Å². The molecular weight excluding hydrogens is 206 g/mol. The Kier molecular flexibility index (Phi) is 4.98. The van der Waals surface area contributed by atoms with Crippen molar-refractivity contribution in [3.8, 4) is 0 Å². The number of carbonyl (C=O) groups excluding carboxylic acids is 1. The number of hydrogen-bond acceptors (Lipinski definition) is 4. The molecule has 0 aromatic carbocycles. The average Bonchev–Trinajstić information content (AvgIpc) is 2.74. The lowest BCUT2D eigenvalue weighted by molar-refractivity contribution is -0.141. The second kappa shape index (κ2) is 6.27. The molecule has 0 aliphatic carbocycles. The third kappa shape index (κ3) is 3.06. The number of aromatic nitrogens is 2. The van der Waals surface area contributed by atoms with Crippen LogP contribution in [0.25, 0.3) is 0 Å². The Hall–Kier alpha value is -1.36. The highest BCUT2D eigenvalue weighted by Gasteiger charge is 2.18. The van der Waals surface area contributed by atoms with Crippen molar-refractivity contribution in [2.75, 3.05) is 13.7 Å². The first kappa shape index (κ1) is 12.7. The highest BCUT2D eigenvalue weighted by molar-refractivity contribution is 5.70. The van der Waals surface area contributed by atoms with Gasteiger partial charge in [0.2, 0.25) is 0 Å². The number of carbonyl (C=O) groups is 1. The molecule has 1 rings (SSSR count). The molecule has 0 saturated carbocycles. The fraction of sp³-hybridized carbons (Fsp3) is 0.636. The highest BCUT2D eigenvalue weighted by Crippen LogP contribution is 2.18. The molecule has 0 amide bonds. The Balaban J connectivity index is 2.77. The molecular formula is C11H19N3O2. The summed E-state index contributed by atoms with van der Waals surface area (Å²) in [6, 6.07) is 1.91. The van der Waals surface area contributed by atoms with Crippen LogP contribution >= 0.6 is 0 Å². The number of aryl methyl sites for hydroxylation is 1. The number of nitrogens with two attached hydrogens (primary N) is 1. The predicted octanol–water partition coefficient (Wildman–Crippen LogP) is 0.899. The summed E-state index contributed by atoms with van der Waals surface area (Å²) in [5.74, 6) is -0.249. The van der Waals surface area contributed by atoms with Gasteiger partial charge in [0.05, 0.1) is 13.5 Å². The molecule has 5 nitrogen and oxygen atoms in total. The Labute approximate surface area is 95.6 Å². The zero-order chi connectivity index (χ0) is 12.0. The van der Waals surface area contributed by atoms with Crippen LogP contribution in [0.2, 0.25) is 0 Å². The zero-order valence-electron chi connectivity index (χ0n) is 9.85. The van der Waals surface area contributed by atoms with Gasteiger partial charge in [0.25, 0.3) is 0 Å². The van der Waals surface area contributed by atoms with Gasteiger partial charge in [0.15, 0.2) is 0 Å². The monoisotopic (exact) mass is 225 g/mol. The van der Waals surface area contributed by atoms with Crippen LogP contribution in [0, 0.1) is 0 Å². The van der Waals surface area contributed by atoms with Gasteiger partial charge in [-0.1, -0.05) is 6.92 Å². The minimum atomic E-state index is -0.236. The molecule has 1 heterocycles. The van der Waals surface area contributed by atoms with Gasteiger partial charge in [-0.2, -0.15) is 5.10 Å². The maximum absolute atomic E-state index is 11.2. The lowest BCUT2D eigenvalue weighted by atomic mass is 10.0. The summed E-state index contributed by atoms with van der Waals surface area (Å²) in [5, 5.41) is 4.22. The van der Waals surface area contributed by atoms with E-state index in [0.717, 1.165) is 18.7 Å². The Bertz CT molecular complexity index is 336. The van der Waals surface area contributed by atoms with Crippen LogP contribution in [-0.4, -0.2) is 29.4 Å². The predicted molar refractivity (Wildman–Crippen MR) is 60.9 cm³/mol. The molecule has 90 valence electrons. The van der Waals surface area contributed by atoms with Crippen LogP contribution in [-0.2, 0) is 16.1 Å². The van der Waals surface area contributed by atoms with E-state index in [9.17, 15) is 4.79 Å². The summed E-state index contributed by atoms with van der Waals surface area (Å²) in [5.41, 5.74) is 6.69. The van der Waals surface area contributed by atoms with Crippen LogP contribution in [0.5, 0.6) is 0 Å².